The van der Waals surface area contributed by atoms with E-state index in [2.05, 4.69) is 24.4 Å². The Hall–Kier alpha value is -0.990. The molecule has 1 aliphatic carbocycles. The van der Waals surface area contributed by atoms with Crippen molar-refractivity contribution >= 4 is 6.09 Å². The molecule has 0 saturated heterocycles. The van der Waals surface area contributed by atoms with Crippen LogP contribution in [0, 0.1) is 5.92 Å². The van der Waals surface area contributed by atoms with Gasteiger partial charge in [-0.3, -0.25) is 0 Å². The molecule has 0 fully saturated rings. The molecule has 0 spiro atoms. The van der Waals surface area contributed by atoms with E-state index in [0.29, 0.717) is 5.92 Å². The summed E-state index contributed by atoms with van der Waals surface area (Å²) in [6.07, 6.45) is 9.90. The van der Waals surface area contributed by atoms with Crippen molar-refractivity contribution in [2.45, 2.75) is 71.4 Å². The molecule has 0 unspecified atom stereocenters. The first kappa shape index (κ1) is 15.1. The smallest absolute Gasteiger partial charge is 0.408 e. The maximum Gasteiger partial charge on any atom is 0.408 e. The number of hydrogen-bond donors (Lipinski definition) is 1. The van der Waals surface area contributed by atoms with Crippen LogP contribution in [-0.2, 0) is 4.74 Å². The lowest BCUT2D eigenvalue weighted by Crippen LogP contribution is -2.42. The van der Waals surface area contributed by atoms with Gasteiger partial charge < -0.3 is 10.1 Å². The summed E-state index contributed by atoms with van der Waals surface area (Å²) in [5, 5.41) is 3.00. The van der Waals surface area contributed by atoms with Gasteiger partial charge in [-0.2, -0.15) is 0 Å². The van der Waals surface area contributed by atoms with Crippen LogP contribution < -0.4 is 5.32 Å². The summed E-state index contributed by atoms with van der Waals surface area (Å²) >= 11 is 0. The number of allylic oxidation sites excluding steroid dienone is 1. The second-order valence-electron chi connectivity index (χ2n) is 6.05. The molecule has 0 radical (unpaired) electrons. The van der Waals surface area contributed by atoms with Gasteiger partial charge in [-0.25, -0.2) is 4.79 Å². The Morgan fingerprint density at radius 3 is 2.72 bits per heavy atom. The van der Waals surface area contributed by atoms with Gasteiger partial charge in [-0.05, 0) is 46.0 Å². The van der Waals surface area contributed by atoms with Crippen molar-refractivity contribution in [3.8, 4) is 0 Å². The summed E-state index contributed by atoms with van der Waals surface area (Å²) in [7, 11) is 0. The van der Waals surface area contributed by atoms with E-state index in [1.165, 1.54) is 19.3 Å². The van der Waals surface area contributed by atoms with Crippen LogP contribution in [0.2, 0.25) is 0 Å². The fourth-order valence-corrected chi connectivity index (χ4v) is 2.32. The molecule has 0 bridgehead atoms. The maximum absolute atomic E-state index is 11.8. The van der Waals surface area contributed by atoms with Crippen molar-refractivity contribution in [3.05, 3.63) is 12.2 Å². The lowest BCUT2D eigenvalue weighted by molar-refractivity contribution is 0.0497. The normalized spacial score (nSPS) is 26.9. The van der Waals surface area contributed by atoms with Crippen molar-refractivity contribution in [1.82, 2.24) is 5.32 Å². The Bertz CT molecular complexity index is 291. The van der Waals surface area contributed by atoms with Gasteiger partial charge in [0.1, 0.15) is 5.60 Å². The third kappa shape index (κ3) is 5.56. The standard InChI is InChI=1S/C15H27NO2/c1-5-12-10-8-6-7-9-11-13(12)16-14(17)18-15(2,3)4/h9,11-13H,5-8,10H2,1-4H3,(H,16,17)/b11-9+/t12-,13-/m1/s1. The van der Waals surface area contributed by atoms with Gasteiger partial charge in [0, 0.05) is 0 Å². The van der Waals surface area contributed by atoms with Crippen LogP contribution in [0.5, 0.6) is 0 Å². The van der Waals surface area contributed by atoms with Crippen LogP contribution in [0.4, 0.5) is 4.79 Å². The number of ether oxygens (including phenoxy) is 1. The Morgan fingerprint density at radius 1 is 1.39 bits per heavy atom. The van der Waals surface area contributed by atoms with E-state index in [1.807, 2.05) is 20.8 Å². The van der Waals surface area contributed by atoms with E-state index in [1.54, 1.807) is 0 Å². The van der Waals surface area contributed by atoms with Crippen LogP contribution in [0.1, 0.15) is 59.8 Å². The number of amides is 1. The molecule has 1 N–H and O–H groups in total. The van der Waals surface area contributed by atoms with E-state index >= 15 is 0 Å². The largest absolute Gasteiger partial charge is 0.444 e. The first-order chi connectivity index (χ1) is 8.42. The Kier molecular flexibility index (Phi) is 5.70. The van der Waals surface area contributed by atoms with Crippen LogP contribution in [0.15, 0.2) is 12.2 Å². The minimum Gasteiger partial charge on any atom is -0.444 e. The number of carbonyl (C=O) groups is 1. The number of nitrogens with one attached hydrogen (secondary N) is 1. The van der Waals surface area contributed by atoms with Gasteiger partial charge in [0.25, 0.3) is 0 Å². The van der Waals surface area contributed by atoms with E-state index < -0.39 is 5.60 Å². The van der Waals surface area contributed by atoms with Crippen molar-refractivity contribution in [2.24, 2.45) is 5.92 Å². The third-order valence-corrected chi connectivity index (χ3v) is 3.25. The van der Waals surface area contributed by atoms with Gasteiger partial charge in [0.05, 0.1) is 6.04 Å². The lowest BCUT2D eigenvalue weighted by atomic mass is 9.88. The second-order valence-corrected chi connectivity index (χ2v) is 6.05. The molecule has 2 atom stereocenters. The van der Waals surface area contributed by atoms with E-state index in [-0.39, 0.29) is 12.1 Å². The molecule has 3 heteroatoms. The Labute approximate surface area is 111 Å². The highest BCUT2D eigenvalue weighted by Gasteiger charge is 2.23. The molecule has 1 rings (SSSR count). The number of hydrogen-bond acceptors (Lipinski definition) is 2. The van der Waals surface area contributed by atoms with E-state index in [9.17, 15) is 4.79 Å². The fraction of sp³-hybridized carbons (Fsp3) is 0.800. The molecule has 3 nitrogen and oxygen atoms in total. The van der Waals surface area contributed by atoms with Crippen molar-refractivity contribution in [1.29, 1.82) is 0 Å². The molecule has 0 aromatic rings. The van der Waals surface area contributed by atoms with Gasteiger partial charge in [0.15, 0.2) is 0 Å². The van der Waals surface area contributed by atoms with Crippen LogP contribution >= 0.6 is 0 Å². The van der Waals surface area contributed by atoms with Crippen LogP contribution in [-0.4, -0.2) is 17.7 Å². The SMILES string of the molecule is CC[C@@H]1CCCC/C=C/[C@H]1NC(=O)OC(C)(C)C. The highest BCUT2D eigenvalue weighted by atomic mass is 16.6. The Balaban J connectivity index is 2.59. The molecule has 1 aliphatic rings. The average molecular weight is 253 g/mol. The fourth-order valence-electron chi connectivity index (χ4n) is 2.32. The first-order valence-electron chi connectivity index (χ1n) is 7.08. The maximum atomic E-state index is 11.8. The molecule has 0 heterocycles. The summed E-state index contributed by atoms with van der Waals surface area (Å²) in [5.74, 6) is 0.522. The van der Waals surface area contributed by atoms with Gasteiger partial charge >= 0.3 is 6.09 Å². The van der Waals surface area contributed by atoms with Crippen molar-refractivity contribution < 1.29 is 9.53 Å². The molecule has 1 amide bonds. The van der Waals surface area contributed by atoms with Crippen LogP contribution in [0.25, 0.3) is 0 Å². The minimum absolute atomic E-state index is 0.116. The zero-order valence-electron chi connectivity index (χ0n) is 12.2. The van der Waals surface area contributed by atoms with E-state index in [0.717, 1.165) is 12.8 Å². The number of rotatable bonds is 2. The highest BCUT2D eigenvalue weighted by molar-refractivity contribution is 5.68. The summed E-state index contributed by atoms with van der Waals surface area (Å²) in [6.45, 7) is 7.84. The zero-order valence-corrected chi connectivity index (χ0v) is 12.2. The summed E-state index contributed by atoms with van der Waals surface area (Å²) in [5.41, 5.74) is -0.433. The molecule has 0 aromatic heterocycles. The van der Waals surface area contributed by atoms with Gasteiger partial charge in [0.2, 0.25) is 0 Å². The summed E-state index contributed by atoms with van der Waals surface area (Å²) in [6, 6.07) is 0.116. The molecule has 104 valence electrons. The topological polar surface area (TPSA) is 38.3 Å². The monoisotopic (exact) mass is 253 g/mol. The highest BCUT2D eigenvalue weighted by Crippen LogP contribution is 2.22. The van der Waals surface area contributed by atoms with Crippen molar-refractivity contribution in [3.63, 3.8) is 0 Å². The molecule has 0 aliphatic heterocycles. The predicted molar refractivity (Wildman–Crippen MR) is 74.5 cm³/mol. The first-order valence-corrected chi connectivity index (χ1v) is 7.08. The molecule has 0 saturated carbocycles. The Morgan fingerprint density at radius 2 is 2.11 bits per heavy atom. The predicted octanol–water partition coefficient (Wildman–Crippen LogP) is 4.04. The average Bonchev–Trinajstić information content (AvgIpc) is 2.20. The summed E-state index contributed by atoms with van der Waals surface area (Å²) < 4.78 is 5.32. The molecule has 0 aromatic carbocycles. The molecular formula is C15H27NO2. The zero-order chi connectivity index (χ0) is 13.6. The van der Waals surface area contributed by atoms with Crippen LogP contribution in [0.3, 0.4) is 0 Å². The number of alkyl carbamates (subject to hydrolysis) is 1. The third-order valence-electron chi connectivity index (χ3n) is 3.25. The second kappa shape index (κ2) is 6.81. The number of carbonyl (C=O) groups excluding carboxylic acids is 1. The molecule has 18 heavy (non-hydrogen) atoms. The lowest BCUT2D eigenvalue weighted by Gasteiger charge is -2.28. The van der Waals surface area contributed by atoms with Crippen molar-refractivity contribution in [2.75, 3.05) is 0 Å². The quantitative estimate of drug-likeness (QED) is 0.754. The van der Waals surface area contributed by atoms with Gasteiger partial charge in [-0.1, -0.05) is 31.9 Å². The van der Waals surface area contributed by atoms with Gasteiger partial charge in [-0.15, -0.1) is 0 Å². The minimum atomic E-state index is -0.433. The molecular weight excluding hydrogens is 226 g/mol. The van der Waals surface area contributed by atoms with E-state index in [4.69, 9.17) is 4.74 Å². The summed E-state index contributed by atoms with van der Waals surface area (Å²) in [4.78, 5) is 11.8.